The Kier molecular flexibility index (Phi) is 5.07. The van der Waals surface area contributed by atoms with Gasteiger partial charge < -0.3 is 5.32 Å². The van der Waals surface area contributed by atoms with Crippen molar-refractivity contribution in [3.8, 4) is 0 Å². The lowest BCUT2D eigenvalue weighted by Gasteiger charge is -2.28. The fourth-order valence-corrected chi connectivity index (χ4v) is 3.30. The van der Waals surface area contributed by atoms with E-state index in [0.29, 0.717) is 11.8 Å². The predicted molar refractivity (Wildman–Crippen MR) is 97.3 cm³/mol. The highest BCUT2D eigenvalue weighted by Crippen LogP contribution is 2.38. The van der Waals surface area contributed by atoms with Crippen LogP contribution in [0.1, 0.15) is 38.8 Å². The van der Waals surface area contributed by atoms with E-state index < -0.39 is 0 Å². The smallest absolute Gasteiger partial charge is 0.0413 e. The van der Waals surface area contributed by atoms with Gasteiger partial charge in [-0.25, -0.2) is 0 Å². The summed E-state index contributed by atoms with van der Waals surface area (Å²) in [4.78, 5) is 0. The van der Waals surface area contributed by atoms with Gasteiger partial charge in [0.05, 0.1) is 0 Å². The first-order valence-electron chi connectivity index (χ1n) is 8.07. The van der Waals surface area contributed by atoms with Crippen LogP contribution in [-0.4, -0.2) is 0 Å². The van der Waals surface area contributed by atoms with Crippen molar-refractivity contribution in [2.24, 2.45) is 11.8 Å². The minimum atomic E-state index is 0.424. The molecule has 1 heteroatoms. The molecule has 0 aliphatic carbocycles. The lowest BCUT2D eigenvalue weighted by Crippen LogP contribution is -2.20. The van der Waals surface area contributed by atoms with Crippen LogP contribution in [0.4, 0.5) is 0 Å². The van der Waals surface area contributed by atoms with E-state index in [1.54, 1.807) is 0 Å². The third kappa shape index (κ3) is 2.94. The zero-order valence-corrected chi connectivity index (χ0v) is 14.2. The van der Waals surface area contributed by atoms with Gasteiger partial charge in [0.1, 0.15) is 0 Å². The molecule has 0 saturated heterocycles. The maximum Gasteiger partial charge on any atom is 0.0413 e. The zero-order valence-electron chi connectivity index (χ0n) is 14.2. The Morgan fingerprint density at radius 1 is 0.955 bits per heavy atom. The molecule has 0 fully saturated rings. The predicted octanol–water partition coefficient (Wildman–Crippen LogP) is 5.48. The molecule has 0 spiro atoms. The standard InChI is InChI=1S/C21H27N/c1-7-17-19(8-2)22-13-16-11-9-10-12-18(16)21(15(5)6)20(17)14(3)4/h7-12,14-15,22H,1-2,13H2,3-6H3/b19-17-,21-20-. The summed E-state index contributed by atoms with van der Waals surface area (Å²) in [5.74, 6) is 0.881. The highest BCUT2D eigenvalue weighted by Gasteiger charge is 2.23. The molecule has 1 aliphatic rings. The summed E-state index contributed by atoms with van der Waals surface area (Å²) >= 11 is 0. The van der Waals surface area contributed by atoms with E-state index in [1.807, 2.05) is 12.2 Å². The summed E-state index contributed by atoms with van der Waals surface area (Å²) in [6.07, 6.45) is 3.88. The van der Waals surface area contributed by atoms with Gasteiger partial charge in [-0.15, -0.1) is 0 Å². The monoisotopic (exact) mass is 293 g/mol. The number of allylic oxidation sites excluding steroid dienone is 5. The minimum Gasteiger partial charge on any atom is -0.380 e. The summed E-state index contributed by atoms with van der Waals surface area (Å²) in [5.41, 5.74) is 7.76. The molecule has 0 atom stereocenters. The van der Waals surface area contributed by atoms with Crippen molar-refractivity contribution < 1.29 is 0 Å². The molecule has 1 heterocycles. The Hall–Kier alpha value is -2.02. The Morgan fingerprint density at radius 2 is 1.59 bits per heavy atom. The van der Waals surface area contributed by atoms with Crippen molar-refractivity contribution in [1.82, 2.24) is 5.32 Å². The number of rotatable bonds is 4. The normalized spacial score (nSPS) is 21.9. The molecule has 2 rings (SSSR count). The highest BCUT2D eigenvalue weighted by atomic mass is 14.9. The van der Waals surface area contributed by atoms with E-state index in [1.165, 1.54) is 27.8 Å². The third-order valence-electron chi connectivity index (χ3n) is 4.21. The summed E-state index contributed by atoms with van der Waals surface area (Å²) in [5, 5.41) is 3.53. The van der Waals surface area contributed by atoms with E-state index in [9.17, 15) is 0 Å². The molecule has 1 nitrogen and oxygen atoms in total. The number of fused-ring (bicyclic) bond motifs is 1. The maximum absolute atomic E-state index is 4.06. The number of hydrogen-bond donors (Lipinski definition) is 1. The van der Waals surface area contributed by atoms with Gasteiger partial charge in [0.2, 0.25) is 0 Å². The van der Waals surface area contributed by atoms with Crippen LogP contribution < -0.4 is 5.32 Å². The van der Waals surface area contributed by atoms with Gasteiger partial charge in [0.15, 0.2) is 0 Å². The number of benzene rings is 1. The van der Waals surface area contributed by atoms with Crippen LogP contribution in [-0.2, 0) is 6.54 Å². The quantitative estimate of drug-likeness (QED) is 0.775. The molecule has 1 aromatic carbocycles. The van der Waals surface area contributed by atoms with Crippen LogP contribution >= 0.6 is 0 Å². The SMILES string of the molecule is C=C/C1=C(C=C)/C(C(C)C)=C(/C(C)C)c2ccccc2CN1. The molecule has 0 radical (unpaired) electrons. The average Bonchev–Trinajstić information content (AvgIpc) is 2.47. The Balaban J connectivity index is 2.90. The van der Waals surface area contributed by atoms with E-state index >= 15 is 0 Å². The van der Waals surface area contributed by atoms with Crippen molar-refractivity contribution in [1.29, 1.82) is 0 Å². The first-order valence-corrected chi connectivity index (χ1v) is 8.07. The van der Waals surface area contributed by atoms with Crippen LogP contribution in [0.3, 0.4) is 0 Å². The van der Waals surface area contributed by atoms with Crippen molar-refractivity contribution >= 4 is 5.57 Å². The highest BCUT2D eigenvalue weighted by molar-refractivity contribution is 5.78. The van der Waals surface area contributed by atoms with Gasteiger partial charge in [-0.3, -0.25) is 0 Å². The Bertz CT molecular complexity index is 642. The van der Waals surface area contributed by atoms with Gasteiger partial charge in [-0.2, -0.15) is 0 Å². The lowest BCUT2D eigenvalue weighted by atomic mass is 9.79. The topological polar surface area (TPSA) is 12.0 Å². The van der Waals surface area contributed by atoms with E-state index in [-0.39, 0.29) is 0 Å². The van der Waals surface area contributed by atoms with Gasteiger partial charge >= 0.3 is 0 Å². The van der Waals surface area contributed by atoms with E-state index in [4.69, 9.17) is 0 Å². The van der Waals surface area contributed by atoms with E-state index in [2.05, 4.69) is 70.4 Å². The van der Waals surface area contributed by atoms with Crippen LogP contribution in [0.25, 0.3) is 5.57 Å². The van der Waals surface area contributed by atoms with Gasteiger partial charge in [0, 0.05) is 17.8 Å². The first-order chi connectivity index (χ1) is 10.5. The average molecular weight is 293 g/mol. The summed E-state index contributed by atoms with van der Waals surface area (Å²) in [6.45, 7) is 17.9. The fourth-order valence-electron chi connectivity index (χ4n) is 3.30. The molecule has 22 heavy (non-hydrogen) atoms. The molecular weight excluding hydrogens is 266 g/mol. The third-order valence-corrected chi connectivity index (χ3v) is 4.21. The maximum atomic E-state index is 4.06. The fraction of sp³-hybridized carbons (Fsp3) is 0.333. The summed E-state index contributed by atoms with van der Waals surface area (Å²) < 4.78 is 0. The minimum absolute atomic E-state index is 0.424. The zero-order chi connectivity index (χ0) is 16.3. The second-order valence-electron chi connectivity index (χ2n) is 6.38. The molecule has 0 amide bonds. The molecule has 0 unspecified atom stereocenters. The van der Waals surface area contributed by atoms with Gasteiger partial charge in [-0.1, -0.05) is 71.2 Å². The van der Waals surface area contributed by atoms with Crippen molar-refractivity contribution in [2.45, 2.75) is 34.2 Å². The van der Waals surface area contributed by atoms with Crippen LogP contribution in [0.5, 0.6) is 0 Å². The molecule has 116 valence electrons. The molecule has 0 aromatic heterocycles. The van der Waals surface area contributed by atoms with Crippen LogP contribution in [0.15, 0.2) is 66.4 Å². The second-order valence-corrected chi connectivity index (χ2v) is 6.38. The first kappa shape index (κ1) is 16.4. The lowest BCUT2D eigenvalue weighted by molar-refractivity contribution is 0.735. The Morgan fingerprint density at radius 3 is 2.14 bits per heavy atom. The summed E-state index contributed by atoms with van der Waals surface area (Å²) in [7, 11) is 0. The van der Waals surface area contributed by atoms with Crippen LogP contribution in [0, 0.1) is 11.8 Å². The second kappa shape index (κ2) is 6.83. The Labute approximate surface area is 135 Å². The molecular formula is C21H27N. The number of nitrogens with one attached hydrogen (secondary N) is 1. The molecule has 1 aromatic rings. The van der Waals surface area contributed by atoms with Gasteiger partial charge in [0.25, 0.3) is 0 Å². The van der Waals surface area contributed by atoms with Gasteiger partial charge in [-0.05, 0) is 40.2 Å². The van der Waals surface area contributed by atoms with Crippen molar-refractivity contribution in [2.75, 3.05) is 0 Å². The van der Waals surface area contributed by atoms with Crippen molar-refractivity contribution in [3.05, 3.63) is 77.5 Å². The molecule has 0 bridgehead atoms. The van der Waals surface area contributed by atoms with Crippen molar-refractivity contribution in [3.63, 3.8) is 0 Å². The molecule has 1 N–H and O–H groups in total. The molecule has 1 aliphatic heterocycles. The molecule has 0 saturated carbocycles. The van der Waals surface area contributed by atoms with Crippen LogP contribution in [0.2, 0.25) is 0 Å². The largest absolute Gasteiger partial charge is 0.380 e. The number of hydrogen-bond acceptors (Lipinski definition) is 1. The summed E-state index contributed by atoms with van der Waals surface area (Å²) in [6, 6.07) is 8.70. The van der Waals surface area contributed by atoms with E-state index in [0.717, 1.165) is 12.2 Å².